The van der Waals surface area contributed by atoms with Crippen LogP contribution in [0, 0.1) is 0 Å². The Hall–Kier alpha value is -0.620. The topological polar surface area (TPSA) is 49.4 Å². The van der Waals surface area contributed by atoms with Crippen LogP contribution in [-0.4, -0.2) is 38.9 Å². The van der Waals surface area contributed by atoms with E-state index >= 15 is 0 Å². The second-order valence-electron chi connectivity index (χ2n) is 4.87. The molecule has 1 saturated heterocycles. The molecule has 0 saturated carbocycles. The SMILES string of the molecule is CNC1CCCN(S(=O)(=O)Cc2ccc(Cl)cc2)C1. The van der Waals surface area contributed by atoms with Gasteiger partial charge in [-0.15, -0.1) is 0 Å². The van der Waals surface area contributed by atoms with E-state index < -0.39 is 10.0 Å². The quantitative estimate of drug-likeness (QED) is 0.923. The number of nitrogens with zero attached hydrogens (tertiary/aromatic N) is 1. The molecule has 1 aliphatic heterocycles. The number of nitrogens with one attached hydrogen (secondary N) is 1. The molecule has 1 N–H and O–H groups in total. The molecule has 0 radical (unpaired) electrons. The van der Waals surface area contributed by atoms with Crippen molar-refractivity contribution >= 4 is 21.6 Å². The summed E-state index contributed by atoms with van der Waals surface area (Å²) in [5, 5.41) is 3.77. The van der Waals surface area contributed by atoms with Gasteiger partial charge in [0.15, 0.2) is 0 Å². The second-order valence-corrected chi connectivity index (χ2v) is 7.27. The van der Waals surface area contributed by atoms with Crippen LogP contribution < -0.4 is 5.32 Å². The molecule has 0 aromatic heterocycles. The molecule has 1 heterocycles. The summed E-state index contributed by atoms with van der Waals surface area (Å²) in [5.41, 5.74) is 0.774. The van der Waals surface area contributed by atoms with Crippen LogP contribution in [0.25, 0.3) is 0 Å². The van der Waals surface area contributed by atoms with Crippen LogP contribution in [0.15, 0.2) is 24.3 Å². The highest BCUT2D eigenvalue weighted by Crippen LogP contribution is 2.18. The van der Waals surface area contributed by atoms with E-state index in [-0.39, 0.29) is 11.8 Å². The standard InChI is InChI=1S/C13H19ClN2O2S/c1-15-13-3-2-8-16(9-13)19(17,18)10-11-4-6-12(14)7-5-11/h4-7,13,15H,2-3,8-10H2,1H3. The van der Waals surface area contributed by atoms with Gasteiger partial charge in [-0.3, -0.25) is 0 Å². The molecule has 0 amide bonds. The van der Waals surface area contributed by atoms with Crippen molar-refractivity contribution in [2.24, 2.45) is 0 Å². The van der Waals surface area contributed by atoms with Gasteiger partial charge in [-0.05, 0) is 37.6 Å². The summed E-state index contributed by atoms with van der Waals surface area (Å²) in [6, 6.07) is 7.23. The van der Waals surface area contributed by atoms with Crippen molar-refractivity contribution in [1.29, 1.82) is 0 Å². The van der Waals surface area contributed by atoms with E-state index in [1.807, 2.05) is 7.05 Å². The van der Waals surface area contributed by atoms with Crippen molar-refractivity contribution in [3.8, 4) is 0 Å². The van der Waals surface area contributed by atoms with Gasteiger partial charge in [0, 0.05) is 24.2 Å². The van der Waals surface area contributed by atoms with E-state index in [1.165, 1.54) is 0 Å². The molecule has 19 heavy (non-hydrogen) atoms. The molecular formula is C13H19ClN2O2S. The fraction of sp³-hybridized carbons (Fsp3) is 0.538. The minimum Gasteiger partial charge on any atom is -0.316 e. The monoisotopic (exact) mass is 302 g/mol. The molecule has 106 valence electrons. The molecule has 6 heteroatoms. The Balaban J connectivity index is 2.07. The molecule has 0 aliphatic carbocycles. The van der Waals surface area contributed by atoms with Gasteiger partial charge >= 0.3 is 0 Å². The fourth-order valence-corrected chi connectivity index (χ4v) is 4.05. The van der Waals surface area contributed by atoms with E-state index in [0.29, 0.717) is 18.1 Å². The van der Waals surface area contributed by atoms with Crippen LogP contribution in [0.2, 0.25) is 5.02 Å². The summed E-state index contributed by atoms with van der Waals surface area (Å²) in [7, 11) is -1.37. The number of likely N-dealkylation sites (N-methyl/N-ethyl adjacent to an activating group) is 1. The summed E-state index contributed by atoms with van der Waals surface area (Å²) in [5.74, 6) is 0.0423. The zero-order valence-corrected chi connectivity index (χ0v) is 12.5. The first-order chi connectivity index (χ1) is 9.01. The van der Waals surface area contributed by atoms with Crippen LogP contribution in [0.1, 0.15) is 18.4 Å². The Labute approximate surface area is 119 Å². The number of piperidine rings is 1. The number of rotatable bonds is 4. The van der Waals surface area contributed by atoms with Gasteiger partial charge in [0.05, 0.1) is 5.75 Å². The highest BCUT2D eigenvalue weighted by Gasteiger charge is 2.28. The molecule has 1 aromatic carbocycles. The van der Waals surface area contributed by atoms with Gasteiger partial charge in [-0.1, -0.05) is 23.7 Å². The smallest absolute Gasteiger partial charge is 0.218 e. The average molecular weight is 303 g/mol. The number of hydrogen-bond donors (Lipinski definition) is 1. The van der Waals surface area contributed by atoms with Crippen molar-refractivity contribution in [1.82, 2.24) is 9.62 Å². The molecule has 0 spiro atoms. The van der Waals surface area contributed by atoms with Crippen molar-refractivity contribution < 1.29 is 8.42 Å². The first-order valence-corrected chi connectivity index (χ1v) is 8.39. The Bertz CT molecular complexity index is 516. The van der Waals surface area contributed by atoms with Crippen LogP contribution in [-0.2, 0) is 15.8 Å². The summed E-state index contributed by atoms with van der Waals surface area (Å²) < 4.78 is 26.3. The summed E-state index contributed by atoms with van der Waals surface area (Å²) in [6.45, 7) is 1.18. The summed E-state index contributed by atoms with van der Waals surface area (Å²) >= 11 is 5.80. The first kappa shape index (κ1) is 14.8. The zero-order chi connectivity index (χ0) is 13.9. The predicted octanol–water partition coefficient (Wildman–Crippen LogP) is 1.85. The zero-order valence-electron chi connectivity index (χ0n) is 11.0. The first-order valence-electron chi connectivity index (χ1n) is 6.41. The molecule has 0 bridgehead atoms. The van der Waals surface area contributed by atoms with E-state index in [0.717, 1.165) is 18.4 Å². The number of benzene rings is 1. The van der Waals surface area contributed by atoms with Gasteiger partial charge < -0.3 is 5.32 Å². The van der Waals surface area contributed by atoms with Gasteiger partial charge in [0.25, 0.3) is 0 Å². The van der Waals surface area contributed by atoms with Gasteiger partial charge in [-0.2, -0.15) is 0 Å². The number of halogens is 1. The third-order valence-electron chi connectivity index (χ3n) is 3.45. The molecule has 1 aliphatic rings. The number of hydrogen-bond acceptors (Lipinski definition) is 3. The van der Waals surface area contributed by atoms with Gasteiger partial charge in [-0.25, -0.2) is 12.7 Å². The van der Waals surface area contributed by atoms with Crippen LogP contribution in [0.5, 0.6) is 0 Å². The highest BCUT2D eigenvalue weighted by atomic mass is 35.5. The summed E-state index contributed by atoms with van der Waals surface area (Å²) in [4.78, 5) is 0. The van der Waals surface area contributed by atoms with E-state index in [1.54, 1.807) is 28.6 Å². The van der Waals surface area contributed by atoms with Gasteiger partial charge in [0.1, 0.15) is 0 Å². The number of sulfonamides is 1. The van der Waals surface area contributed by atoms with Crippen molar-refractivity contribution in [3.05, 3.63) is 34.9 Å². The molecule has 1 unspecified atom stereocenters. The van der Waals surface area contributed by atoms with Crippen molar-refractivity contribution in [3.63, 3.8) is 0 Å². The largest absolute Gasteiger partial charge is 0.316 e. The highest BCUT2D eigenvalue weighted by molar-refractivity contribution is 7.88. The molecule has 4 nitrogen and oxygen atoms in total. The van der Waals surface area contributed by atoms with Crippen LogP contribution >= 0.6 is 11.6 Å². The maximum absolute atomic E-state index is 12.4. The normalized spacial score (nSPS) is 21.5. The second kappa shape index (κ2) is 6.22. The summed E-state index contributed by atoms with van der Waals surface area (Å²) in [6.07, 6.45) is 1.94. The van der Waals surface area contributed by atoms with Gasteiger partial charge in [0.2, 0.25) is 10.0 Å². The lowest BCUT2D eigenvalue weighted by Gasteiger charge is -2.31. The van der Waals surface area contributed by atoms with Crippen molar-refractivity contribution in [2.75, 3.05) is 20.1 Å². The molecule has 2 rings (SSSR count). The lowest BCUT2D eigenvalue weighted by Crippen LogP contribution is -2.47. The third-order valence-corrected chi connectivity index (χ3v) is 5.52. The van der Waals surface area contributed by atoms with Crippen LogP contribution in [0.3, 0.4) is 0 Å². The lowest BCUT2D eigenvalue weighted by molar-refractivity contribution is 0.292. The maximum atomic E-state index is 12.4. The third kappa shape index (κ3) is 3.92. The minimum atomic E-state index is -3.24. The predicted molar refractivity (Wildman–Crippen MR) is 77.7 cm³/mol. The Kier molecular flexibility index (Phi) is 4.84. The molecule has 1 atom stereocenters. The average Bonchev–Trinajstić information content (AvgIpc) is 2.41. The van der Waals surface area contributed by atoms with E-state index in [9.17, 15) is 8.42 Å². The molecule has 1 fully saturated rings. The maximum Gasteiger partial charge on any atom is 0.218 e. The van der Waals surface area contributed by atoms with E-state index in [2.05, 4.69) is 5.32 Å². The van der Waals surface area contributed by atoms with E-state index in [4.69, 9.17) is 11.6 Å². The minimum absolute atomic E-state index is 0.0423. The Morgan fingerprint density at radius 2 is 2.05 bits per heavy atom. The van der Waals surface area contributed by atoms with Crippen molar-refractivity contribution in [2.45, 2.75) is 24.6 Å². The lowest BCUT2D eigenvalue weighted by atomic mass is 10.1. The Morgan fingerprint density at radius 1 is 1.37 bits per heavy atom. The van der Waals surface area contributed by atoms with Crippen LogP contribution in [0.4, 0.5) is 0 Å². The molecule has 1 aromatic rings. The molecular weight excluding hydrogens is 284 g/mol. The fourth-order valence-electron chi connectivity index (χ4n) is 2.31. The Morgan fingerprint density at radius 3 is 2.68 bits per heavy atom.